The standard InChI is InChI=1S/C16H22F3N3O2/c17-16(18,19)13-2-1-6-21-14(13)23-9-12-3-7-22(8-12)10-15(4-5-15)11-24-20/h1-2,6,12H,3-5,7-11,20H2/t12-/m0/s1. The lowest BCUT2D eigenvalue weighted by Crippen LogP contribution is -2.32. The van der Waals surface area contributed by atoms with Crippen molar-refractivity contribution in [2.75, 3.05) is 32.8 Å². The van der Waals surface area contributed by atoms with Crippen molar-refractivity contribution in [3.8, 4) is 5.88 Å². The highest BCUT2D eigenvalue weighted by Crippen LogP contribution is 2.46. The Morgan fingerprint density at radius 1 is 1.38 bits per heavy atom. The fourth-order valence-corrected chi connectivity index (χ4v) is 3.29. The summed E-state index contributed by atoms with van der Waals surface area (Å²) in [5.74, 6) is 5.06. The molecule has 2 fully saturated rings. The van der Waals surface area contributed by atoms with E-state index in [9.17, 15) is 13.2 Å². The van der Waals surface area contributed by atoms with E-state index in [2.05, 4.69) is 9.88 Å². The highest BCUT2D eigenvalue weighted by atomic mass is 19.4. The molecule has 3 rings (SSSR count). The summed E-state index contributed by atoms with van der Waals surface area (Å²) in [6, 6.07) is 2.26. The number of nitrogens with zero attached hydrogens (tertiary/aromatic N) is 2. The molecule has 1 saturated heterocycles. The normalized spacial score (nSPS) is 23.4. The van der Waals surface area contributed by atoms with Gasteiger partial charge < -0.3 is 14.5 Å². The second kappa shape index (κ2) is 6.85. The molecule has 1 aromatic rings. The van der Waals surface area contributed by atoms with Crippen molar-refractivity contribution < 1.29 is 22.7 Å². The predicted octanol–water partition coefficient (Wildman–Crippen LogP) is 2.47. The van der Waals surface area contributed by atoms with Crippen molar-refractivity contribution >= 4 is 0 Å². The summed E-state index contributed by atoms with van der Waals surface area (Å²) in [5.41, 5.74) is -0.647. The van der Waals surface area contributed by atoms with Gasteiger partial charge in [-0.15, -0.1) is 0 Å². The minimum Gasteiger partial charge on any atom is -0.477 e. The van der Waals surface area contributed by atoms with E-state index in [1.54, 1.807) is 0 Å². The van der Waals surface area contributed by atoms with Gasteiger partial charge in [0.05, 0.1) is 13.2 Å². The molecule has 24 heavy (non-hydrogen) atoms. The average Bonchev–Trinajstić information content (AvgIpc) is 3.13. The first-order valence-corrected chi connectivity index (χ1v) is 8.11. The number of hydrogen-bond acceptors (Lipinski definition) is 5. The van der Waals surface area contributed by atoms with E-state index in [1.165, 1.54) is 12.3 Å². The molecule has 0 radical (unpaired) electrons. The molecule has 2 N–H and O–H groups in total. The molecule has 1 aromatic heterocycles. The Bertz CT molecular complexity index is 564. The van der Waals surface area contributed by atoms with Gasteiger partial charge in [-0.3, -0.25) is 0 Å². The Morgan fingerprint density at radius 2 is 2.17 bits per heavy atom. The molecule has 0 amide bonds. The molecule has 0 bridgehead atoms. The number of alkyl halides is 3. The second-order valence-electron chi connectivity index (χ2n) is 6.87. The van der Waals surface area contributed by atoms with Gasteiger partial charge in [0.2, 0.25) is 5.88 Å². The molecule has 0 unspecified atom stereocenters. The SMILES string of the molecule is NOCC1(CN2CC[C@H](COc3ncccc3C(F)(F)F)C2)CC1. The van der Waals surface area contributed by atoms with Crippen LogP contribution in [0.4, 0.5) is 13.2 Å². The maximum atomic E-state index is 12.9. The molecular weight excluding hydrogens is 323 g/mol. The van der Waals surface area contributed by atoms with E-state index in [0.29, 0.717) is 6.61 Å². The molecule has 2 aliphatic rings. The van der Waals surface area contributed by atoms with Crippen molar-refractivity contribution in [3.63, 3.8) is 0 Å². The number of ether oxygens (including phenoxy) is 1. The van der Waals surface area contributed by atoms with Crippen LogP contribution >= 0.6 is 0 Å². The van der Waals surface area contributed by atoms with Gasteiger partial charge >= 0.3 is 6.18 Å². The van der Waals surface area contributed by atoms with Crippen LogP contribution < -0.4 is 10.6 Å². The summed E-state index contributed by atoms with van der Waals surface area (Å²) in [6.07, 6.45) is 0.00428. The fraction of sp³-hybridized carbons (Fsp3) is 0.688. The molecule has 0 aromatic carbocycles. The number of halogens is 3. The zero-order chi connectivity index (χ0) is 17.2. The molecular formula is C16H22F3N3O2. The van der Waals surface area contributed by atoms with Gasteiger partial charge in [0.15, 0.2) is 0 Å². The highest BCUT2D eigenvalue weighted by molar-refractivity contribution is 5.28. The highest BCUT2D eigenvalue weighted by Gasteiger charge is 2.45. The number of pyridine rings is 1. The van der Waals surface area contributed by atoms with Gasteiger partial charge in [-0.05, 0) is 37.9 Å². The first kappa shape index (κ1) is 17.4. The molecule has 5 nitrogen and oxygen atoms in total. The lowest BCUT2D eigenvalue weighted by atomic mass is 10.1. The van der Waals surface area contributed by atoms with E-state index in [0.717, 1.165) is 45.0 Å². The number of likely N-dealkylation sites (tertiary alicyclic amines) is 1. The maximum Gasteiger partial charge on any atom is 0.421 e. The summed E-state index contributed by atoms with van der Waals surface area (Å²) >= 11 is 0. The summed E-state index contributed by atoms with van der Waals surface area (Å²) < 4.78 is 44.2. The topological polar surface area (TPSA) is 60.6 Å². The zero-order valence-electron chi connectivity index (χ0n) is 13.4. The Hall–Kier alpha value is -1.38. The van der Waals surface area contributed by atoms with E-state index >= 15 is 0 Å². The molecule has 1 aliphatic carbocycles. The van der Waals surface area contributed by atoms with Gasteiger partial charge in [0, 0.05) is 30.6 Å². The van der Waals surface area contributed by atoms with Crippen LogP contribution in [-0.4, -0.2) is 42.7 Å². The summed E-state index contributed by atoms with van der Waals surface area (Å²) in [6.45, 7) is 3.48. The lowest BCUT2D eigenvalue weighted by Gasteiger charge is -2.22. The maximum absolute atomic E-state index is 12.9. The van der Waals surface area contributed by atoms with Crippen LogP contribution in [0.2, 0.25) is 0 Å². The molecule has 1 atom stereocenters. The van der Waals surface area contributed by atoms with Crippen LogP contribution in [0.25, 0.3) is 0 Å². The van der Waals surface area contributed by atoms with E-state index in [4.69, 9.17) is 15.5 Å². The third-order valence-corrected chi connectivity index (χ3v) is 4.81. The first-order chi connectivity index (χ1) is 11.4. The van der Waals surface area contributed by atoms with Crippen LogP contribution in [0.15, 0.2) is 18.3 Å². The Balaban J connectivity index is 1.50. The molecule has 8 heteroatoms. The Morgan fingerprint density at radius 3 is 2.83 bits per heavy atom. The lowest BCUT2D eigenvalue weighted by molar-refractivity contribution is -0.139. The molecule has 0 spiro atoms. The first-order valence-electron chi connectivity index (χ1n) is 8.11. The summed E-state index contributed by atoms with van der Waals surface area (Å²) in [4.78, 5) is 10.8. The van der Waals surface area contributed by atoms with Gasteiger partial charge in [0.25, 0.3) is 0 Å². The minimum atomic E-state index is -4.45. The molecule has 2 heterocycles. The minimum absolute atomic E-state index is 0.176. The molecule has 1 aliphatic heterocycles. The number of aromatic nitrogens is 1. The zero-order valence-corrected chi connectivity index (χ0v) is 13.4. The van der Waals surface area contributed by atoms with E-state index in [1.807, 2.05) is 0 Å². The van der Waals surface area contributed by atoms with Crippen LogP contribution in [0.3, 0.4) is 0 Å². The summed E-state index contributed by atoms with van der Waals surface area (Å²) in [5, 5.41) is 0. The van der Waals surface area contributed by atoms with Crippen LogP contribution in [0.5, 0.6) is 5.88 Å². The van der Waals surface area contributed by atoms with Gasteiger partial charge in [-0.25, -0.2) is 10.9 Å². The van der Waals surface area contributed by atoms with Crippen LogP contribution in [0, 0.1) is 11.3 Å². The van der Waals surface area contributed by atoms with Gasteiger partial charge in [-0.1, -0.05) is 0 Å². The van der Waals surface area contributed by atoms with E-state index in [-0.39, 0.29) is 23.8 Å². The van der Waals surface area contributed by atoms with Crippen molar-refractivity contribution in [2.45, 2.75) is 25.4 Å². The van der Waals surface area contributed by atoms with Gasteiger partial charge in [0.1, 0.15) is 5.56 Å². The van der Waals surface area contributed by atoms with E-state index < -0.39 is 11.7 Å². The third-order valence-electron chi connectivity index (χ3n) is 4.81. The predicted molar refractivity (Wildman–Crippen MR) is 81.1 cm³/mol. The Kier molecular flexibility index (Phi) is 4.98. The van der Waals surface area contributed by atoms with Crippen molar-refractivity contribution in [2.24, 2.45) is 17.2 Å². The number of hydrogen-bond donors (Lipinski definition) is 1. The number of rotatable bonds is 7. The molecule has 134 valence electrons. The second-order valence-corrected chi connectivity index (χ2v) is 6.87. The number of nitrogens with two attached hydrogens (primary N) is 1. The quantitative estimate of drug-likeness (QED) is 0.770. The van der Waals surface area contributed by atoms with Crippen molar-refractivity contribution in [1.82, 2.24) is 9.88 Å². The average molecular weight is 345 g/mol. The monoisotopic (exact) mass is 345 g/mol. The van der Waals surface area contributed by atoms with Crippen LogP contribution in [-0.2, 0) is 11.0 Å². The Labute approximate surface area is 138 Å². The van der Waals surface area contributed by atoms with Crippen molar-refractivity contribution in [1.29, 1.82) is 0 Å². The van der Waals surface area contributed by atoms with Gasteiger partial charge in [-0.2, -0.15) is 13.2 Å². The third kappa shape index (κ3) is 4.17. The fourth-order valence-electron chi connectivity index (χ4n) is 3.29. The largest absolute Gasteiger partial charge is 0.477 e. The molecule has 1 saturated carbocycles. The smallest absolute Gasteiger partial charge is 0.421 e. The van der Waals surface area contributed by atoms with Crippen LogP contribution in [0.1, 0.15) is 24.8 Å². The van der Waals surface area contributed by atoms with Crippen molar-refractivity contribution in [3.05, 3.63) is 23.9 Å². The summed E-state index contributed by atoms with van der Waals surface area (Å²) in [7, 11) is 0.